The summed E-state index contributed by atoms with van der Waals surface area (Å²) in [6, 6.07) is 4.57. The van der Waals surface area contributed by atoms with E-state index in [0.29, 0.717) is 18.7 Å². The van der Waals surface area contributed by atoms with Crippen molar-refractivity contribution in [1.29, 1.82) is 0 Å². The van der Waals surface area contributed by atoms with Crippen molar-refractivity contribution in [1.82, 2.24) is 0 Å². The molecule has 0 heterocycles. The molecule has 0 atom stereocenters. The van der Waals surface area contributed by atoms with Crippen LogP contribution in [0.3, 0.4) is 0 Å². The van der Waals surface area contributed by atoms with E-state index in [2.05, 4.69) is 6.92 Å². The van der Waals surface area contributed by atoms with E-state index in [4.69, 9.17) is 0 Å². The van der Waals surface area contributed by atoms with Gasteiger partial charge in [-0.15, -0.1) is 0 Å². The second kappa shape index (κ2) is 12.6. The molecule has 0 aliphatic heterocycles. The van der Waals surface area contributed by atoms with Crippen molar-refractivity contribution in [2.45, 2.75) is 84.5 Å². The van der Waals surface area contributed by atoms with Crippen molar-refractivity contribution in [3.63, 3.8) is 0 Å². The standard InChI is InChI=1S/C21H35NO3/c1-3-5-6-7-8-9-10-11-12-13-16-22(21(25)4-2)18-14-15-19(23)20(24)17-18/h14-15,17,23-24H,3-13,16H2,1-2H3. The van der Waals surface area contributed by atoms with Gasteiger partial charge in [0.05, 0.1) is 0 Å². The first-order valence-corrected chi connectivity index (χ1v) is 9.92. The Morgan fingerprint density at radius 3 is 1.92 bits per heavy atom. The van der Waals surface area contributed by atoms with E-state index in [9.17, 15) is 15.0 Å². The molecule has 0 radical (unpaired) electrons. The Balaban J connectivity index is 2.30. The van der Waals surface area contributed by atoms with E-state index < -0.39 is 0 Å². The van der Waals surface area contributed by atoms with Crippen molar-refractivity contribution in [3.8, 4) is 11.5 Å². The molecule has 4 nitrogen and oxygen atoms in total. The summed E-state index contributed by atoms with van der Waals surface area (Å²) in [5, 5.41) is 19.1. The number of hydrogen-bond donors (Lipinski definition) is 2. The van der Waals surface area contributed by atoms with Gasteiger partial charge in [0, 0.05) is 24.7 Å². The van der Waals surface area contributed by atoms with Crippen LogP contribution in [0.4, 0.5) is 5.69 Å². The van der Waals surface area contributed by atoms with Crippen molar-refractivity contribution in [2.75, 3.05) is 11.4 Å². The second-order valence-corrected chi connectivity index (χ2v) is 6.75. The number of rotatable bonds is 13. The lowest BCUT2D eigenvalue weighted by Gasteiger charge is -2.22. The fraction of sp³-hybridized carbons (Fsp3) is 0.667. The number of nitrogens with zero attached hydrogens (tertiary/aromatic N) is 1. The van der Waals surface area contributed by atoms with Gasteiger partial charge in [-0.3, -0.25) is 4.79 Å². The molecule has 0 aliphatic rings. The van der Waals surface area contributed by atoms with Gasteiger partial charge >= 0.3 is 0 Å². The molecule has 4 heteroatoms. The number of amides is 1. The first kappa shape index (κ1) is 21.3. The number of benzene rings is 1. The number of unbranched alkanes of at least 4 members (excludes halogenated alkanes) is 9. The van der Waals surface area contributed by atoms with Gasteiger partial charge in [0.2, 0.25) is 5.91 Å². The Labute approximate surface area is 152 Å². The van der Waals surface area contributed by atoms with Crippen LogP contribution in [0.2, 0.25) is 0 Å². The molecular weight excluding hydrogens is 314 g/mol. The molecule has 1 amide bonds. The van der Waals surface area contributed by atoms with Crippen LogP contribution in [-0.4, -0.2) is 22.7 Å². The first-order chi connectivity index (χ1) is 12.1. The van der Waals surface area contributed by atoms with Gasteiger partial charge in [0.25, 0.3) is 0 Å². The van der Waals surface area contributed by atoms with Crippen LogP contribution in [0, 0.1) is 0 Å². The molecule has 0 aromatic heterocycles. The normalized spacial score (nSPS) is 10.8. The van der Waals surface area contributed by atoms with Gasteiger partial charge in [-0.05, 0) is 18.6 Å². The smallest absolute Gasteiger partial charge is 0.226 e. The third-order valence-electron chi connectivity index (χ3n) is 4.61. The fourth-order valence-electron chi connectivity index (χ4n) is 3.03. The predicted octanol–water partition coefficient (Wildman–Crippen LogP) is 5.76. The summed E-state index contributed by atoms with van der Waals surface area (Å²) in [7, 11) is 0. The summed E-state index contributed by atoms with van der Waals surface area (Å²) >= 11 is 0. The summed E-state index contributed by atoms with van der Waals surface area (Å²) in [6.07, 6.45) is 13.0. The number of phenols is 2. The van der Waals surface area contributed by atoms with Gasteiger partial charge in [-0.1, -0.05) is 71.6 Å². The predicted molar refractivity (Wildman–Crippen MR) is 104 cm³/mol. The van der Waals surface area contributed by atoms with Gasteiger partial charge in [0.1, 0.15) is 0 Å². The summed E-state index contributed by atoms with van der Waals surface area (Å²) in [5.74, 6) is -0.304. The topological polar surface area (TPSA) is 60.8 Å². The van der Waals surface area contributed by atoms with Gasteiger partial charge < -0.3 is 15.1 Å². The Morgan fingerprint density at radius 1 is 0.840 bits per heavy atom. The number of hydrogen-bond acceptors (Lipinski definition) is 3. The molecule has 0 fully saturated rings. The Kier molecular flexibility index (Phi) is 10.8. The molecule has 0 saturated carbocycles. The summed E-state index contributed by atoms with van der Waals surface area (Å²) in [5.41, 5.74) is 0.651. The van der Waals surface area contributed by atoms with Crippen molar-refractivity contribution < 1.29 is 15.0 Å². The molecule has 0 bridgehead atoms. The van der Waals surface area contributed by atoms with Crippen LogP contribution in [0.25, 0.3) is 0 Å². The molecule has 0 aliphatic carbocycles. The molecule has 0 unspecified atom stereocenters. The van der Waals surface area contributed by atoms with Crippen LogP contribution in [0.15, 0.2) is 18.2 Å². The Hall–Kier alpha value is -1.71. The monoisotopic (exact) mass is 349 g/mol. The molecule has 1 aromatic rings. The summed E-state index contributed by atoms with van der Waals surface area (Å²) < 4.78 is 0. The largest absolute Gasteiger partial charge is 0.504 e. The second-order valence-electron chi connectivity index (χ2n) is 6.75. The van der Waals surface area contributed by atoms with E-state index in [0.717, 1.165) is 12.8 Å². The van der Waals surface area contributed by atoms with Crippen molar-refractivity contribution >= 4 is 11.6 Å². The van der Waals surface area contributed by atoms with Crippen LogP contribution in [0.5, 0.6) is 11.5 Å². The van der Waals surface area contributed by atoms with E-state index >= 15 is 0 Å². The number of anilines is 1. The molecule has 1 aromatic carbocycles. The van der Waals surface area contributed by atoms with Crippen LogP contribution in [-0.2, 0) is 4.79 Å². The number of carbonyl (C=O) groups excluding carboxylic acids is 1. The Bertz CT molecular complexity index is 502. The lowest BCUT2D eigenvalue weighted by Crippen LogP contribution is -2.31. The maximum absolute atomic E-state index is 12.2. The lowest BCUT2D eigenvalue weighted by molar-refractivity contribution is -0.118. The van der Waals surface area contributed by atoms with Gasteiger partial charge in [-0.2, -0.15) is 0 Å². The third-order valence-corrected chi connectivity index (χ3v) is 4.61. The minimum atomic E-state index is -0.186. The highest BCUT2D eigenvalue weighted by molar-refractivity contribution is 5.93. The SMILES string of the molecule is CCCCCCCCCCCCN(C(=O)CC)c1ccc(O)c(O)c1. The molecule has 2 N–H and O–H groups in total. The number of carbonyl (C=O) groups is 1. The van der Waals surface area contributed by atoms with E-state index in [-0.39, 0.29) is 17.4 Å². The maximum Gasteiger partial charge on any atom is 0.226 e. The lowest BCUT2D eigenvalue weighted by atomic mass is 10.1. The maximum atomic E-state index is 12.2. The average Bonchev–Trinajstić information content (AvgIpc) is 2.62. The third kappa shape index (κ3) is 8.28. The minimum Gasteiger partial charge on any atom is -0.504 e. The zero-order chi connectivity index (χ0) is 18.5. The van der Waals surface area contributed by atoms with E-state index in [1.807, 2.05) is 6.92 Å². The van der Waals surface area contributed by atoms with E-state index in [1.54, 1.807) is 11.0 Å². The zero-order valence-corrected chi connectivity index (χ0v) is 16.0. The molecule has 0 saturated heterocycles. The Morgan fingerprint density at radius 2 is 1.40 bits per heavy atom. The van der Waals surface area contributed by atoms with Crippen LogP contribution in [0.1, 0.15) is 84.5 Å². The van der Waals surface area contributed by atoms with Gasteiger partial charge in [0.15, 0.2) is 11.5 Å². The number of aromatic hydroxyl groups is 2. The van der Waals surface area contributed by atoms with Crippen LogP contribution >= 0.6 is 0 Å². The minimum absolute atomic E-state index is 0.0426. The van der Waals surface area contributed by atoms with Crippen molar-refractivity contribution in [2.24, 2.45) is 0 Å². The summed E-state index contributed by atoms with van der Waals surface area (Å²) in [4.78, 5) is 13.9. The number of phenolic OH excluding ortho intramolecular Hbond substituents is 2. The first-order valence-electron chi connectivity index (χ1n) is 9.92. The van der Waals surface area contributed by atoms with Gasteiger partial charge in [-0.25, -0.2) is 0 Å². The molecule has 142 valence electrons. The zero-order valence-electron chi connectivity index (χ0n) is 16.0. The average molecular weight is 350 g/mol. The quantitative estimate of drug-likeness (QED) is 0.351. The molecule has 25 heavy (non-hydrogen) atoms. The molecular formula is C21H35NO3. The highest BCUT2D eigenvalue weighted by atomic mass is 16.3. The molecule has 0 spiro atoms. The summed E-state index contributed by atoms with van der Waals surface area (Å²) in [6.45, 7) is 4.74. The van der Waals surface area contributed by atoms with Crippen molar-refractivity contribution in [3.05, 3.63) is 18.2 Å². The fourth-order valence-corrected chi connectivity index (χ4v) is 3.03. The highest BCUT2D eigenvalue weighted by Gasteiger charge is 2.15. The van der Waals surface area contributed by atoms with Crippen LogP contribution < -0.4 is 4.90 Å². The van der Waals surface area contributed by atoms with E-state index in [1.165, 1.54) is 63.5 Å². The molecule has 1 rings (SSSR count). The highest BCUT2D eigenvalue weighted by Crippen LogP contribution is 2.30.